The van der Waals surface area contributed by atoms with Gasteiger partial charge in [0.15, 0.2) is 0 Å². The SMILES string of the molecule is CCCN(CCC)c1ccc2c(c1CN(Cc1cc(C#N)cc(C(F)(F)F)c1)C(=O)OC)CCCC2. The molecule has 1 amide bonds. The van der Waals surface area contributed by atoms with Crippen molar-refractivity contribution in [1.29, 1.82) is 5.26 Å². The molecule has 0 N–H and O–H groups in total. The molecule has 0 saturated carbocycles. The topological polar surface area (TPSA) is 56.6 Å². The molecular weight excluding hydrogens is 467 g/mol. The lowest BCUT2D eigenvalue weighted by Crippen LogP contribution is -2.33. The predicted octanol–water partition coefficient (Wildman–Crippen LogP) is 6.85. The molecule has 0 radical (unpaired) electrons. The maximum atomic E-state index is 13.4. The molecule has 0 heterocycles. The number of methoxy groups -OCH3 is 1. The molecule has 0 aromatic heterocycles. The van der Waals surface area contributed by atoms with Crippen molar-refractivity contribution in [2.75, 3.05) is 25.1 Å². The van der Waals surface area contributed by atoms with Gasteiger partial charge in [-0.2, -0.15) is 18.4 Å². The number of alkyl halides is 3. The Labute approximate surface area is 211 Å². The second-order valence-corrected chi connectivity index (χ2v) is 9.25. The molecular formula is C28H34F3N3O2. The number of ether oxygens (including phenoxy) is 1. The van der Waals surface area contributed by atoms with E-state index in [0.29, 0.717) is 0 Å². The van der Waals surface area contributed by atoms with Crippen molar-refractivity contribution in [2.24, 2.45) is 0 Å². The normalized spacial score (nSPS) is 13.0. The van der Waals surface area contributed by atoms with Gasteiger partial charge >= 0.3 is 12.3 Å². The summed E-state index contributed by atoms with van der Waals surface area (Å²) in [6.07, 6.45) is 0.774. The van der Waals surface area contributed by atoms with E-state index >= 15 is 0 Å². The van der Waals surface area contributed by atoms with Crippen LogP contribution in [0.5, 0.6) is 0 Å². The maximum Gasteiger partial charge on any atom is 0.416 e. The molecule has 0 unspecified atom stereocenters. The van der Waals surface area contributed by atoms with Gasteiger partial charge in [-0.3, -0.25) is 4.90 Å². The largest absolute Gasteiger partial charge is 0.453 e. The van der Waals surface area contributed by atoms with E-state index in [1.165, 1.54) is 29.2 Å². The minimum Gasteiger partial charge on any atom is -0.453 e. The number of benzene rings is 2. The molecule has 0 bridgehead atoms. The first-order valence-corrected chi connectivity index (χ1v) is 12.5. The molecule has 0 aliphatic heterocycles. The van der Waals surface area contributed by atoms with Crippen LogP contribution in [0.4, 0.5) is 23.7 Å². The molecule has 0 atom stereocenters. The summed E-state index contributed by atoms with van der Waals surface area (Å²) >= 11 is 0. The van der Waals surface area contributed by atoms with Crippen molar-refractivity contribution in [3.63, 3.8) is 0 Å². The van der Waals surface area contributed by atoms with Gasteiger partial charge in [0.1, 0.15) is 0 Å². The van der Waals surface area contributed by atoms with Gasteiger partial charge in [-0.15, -0.1) is 0 Å². The van der Waals surface area contributed by atoms with Crippen LogP contribution in [0.1, 0.15) is 72.9 Å². The average Bonchev–Trinajstić information content (AvgIpc) is 2.87. The zero-order chi connectivity index (χ0) is 26.3. The fraction of sp³-hybridized carbons (Fsp3) is 0.500. The Morgan fingerprint density at radius 2 is 1.75 bits per heavy atom. The van der Waals surface area contributed by atoms with Crippen LogP contribution in [0, 0.1) is 11.3 Å². The quantitative estimate of drug-likeness (QED) is 0.377. The second-order valence-electron chi connectivity index (χ2n) is 9.25. The Hall–Kier alpha value is -3.21. The smallest absolute Gasteiger partial charge is 0.416 e. The lowest BCUT2D eigenvalue weighted by atomic mass is 9.86. The number of halogens is 3. The number of rotatable bonds is 9. The summed E-state index contributed by atoms with van der Waals surface area (Å²) in [4.78, 5) is 16.6. The van der Waals surface area contributed by atoms with E-state index in [1.54, 1.807) is 6.07 Å². The van der Waals surface area contributed by atoms with Gasteiger partial charge in [0, 0.05) is 25.3 Å². The molecule has 1 aliphatic rings. The molecule has 1 aliphatic carbocycles. The van der Waals surface area contributed by atoms with Gasteiger partial charge in [0.25, 0.3) is 0 Å². The molecule has 2 aromatic carbocycles. The molecule has 8 heteroatoms. The van der Waals surface area contributed by atoms with Crippen LogP contribution in [0.15, 0.2) is 30.3 Å². The fourth-order valence-corrected chi connectivity index (χ4v) is 4.99. The number of fused-ring (bicyclic) bond motifs is 1. The van der Waals surface area contributed by atoms with Crippen LogP contribution in [-0.2, 0) is 36.8 Å². The number of aryl methyl sites for hydroxylation is 1. The first-order valence-electron chi connectivity index (χ1n) is 12.5. The number of nitriles is 1. The number of hydrogen-bond donors (Lipinski definition) is 0. The molecule has 36 heavy (non-hydrogen) atoms. The first-order chi connectivity index (χ1) is 17.2. The Morgan fingerprint density at radius 1 is 1.06 bits per heavy atom. The fourth-order valence-electron chi connectivity index (χ4n) is 4.99. The van der Waals surface area contributed by atoms with Gasteiger partial charge in [-0.05, 0) is 85.0 Å². The van der Waals surface area contributed by atoms with Crippen LogP contribution in [-0.4, -0.2) is 31.2 Å². The molecule has 2 aromatic rings. The highest BCUT2D eigenvalue weighted by molar-refractivity contribution is 5.69. The number of anilines is 1. The summed E-state index contributed by atoms with van der Waals surface area (Å²) in [6.45, 7) is 6.11. The standard InChI is InChI=1S/C28H34F3N3O2/c1-4-12-33(13-5-2)26-11-10-22-8-6-7-9-24(22)25(26)19-34(27(35)36-3)18-21-14-20(17-32)15-23(16-21)28(29,30)31/h10-11,14-16H,4-9,12-13,18-19H2,1-3H3. The highest BCUT2D eigenvalue weighted by Crippen LogP contribution is 2.35. The molecule has 5 nitrogen and oxygen atoms in total. The third kappa shape index (κ3) is 6.51. The highest BCUT2D eigenvalue weighted by Gasteiger charge is 2.32. The van der Waals surface area contributed by atoms with E-state index in [9.17, 15) is 23.2 Å². The van der Waals surface area contributed by atoms with E-state index in [1.807, 2.05) is 0 Å². The van der Waals surface area contributed by atoms with Gasteiger partial charge in [-0.25, -0.2) is 4.79 Å². The zero-order valence-electron chi connectivity index (χ0n) is 21.2. The van der Waals surface area contributed by atoms with Gasteiger partial charge in [0.05, 0.1) is 30.9 Å². The van der Waals surface area contributed by atoms with Crippen molar-refractivity contribution in [3.05, 3.63) is 63.7 Å². The van der Waals surface area contributed by atoms with Crippen LogP contribution >= 0.6 is 0 Å². The van der Waals surface area contributed by atoms with Crippen molar-refractivity contribution in [1.82, 2.24) is 4.90 Å². The average molecular weight is 502 g/mol. The van der Waals surface area contributed by atoms with Gasteiger partial charge < -0.3 is 9.64 Å². The monoisotopic (exact) mass is 501 g/mol. The van der Waals surface area contributed by atoms with Crippen molar-refractivity contribution >= 4 is 11.8 Å². The van der Waals surface area contributed by atoms with E-state index < -0.39 is 17.8 Å². The number of hydrogen-bond acceptors (Lipinski definition) is 4. The zero-order valence-corrected chi connectivity index (χ0v) is 21.2. The lowest BCUT2D eigenvalue weighted by Gasteiger charge is -2.32. The predicted molar refractivity (Wildman–Crippen MR) is 134 cm³/mol. The summed E-state index contributed by atoms with van der Waals surface area (Å²) in [7, 11) is 1.27. The van der Waals surface area contributed by atoms with Crippen LogP contribution in [0.2, 0.25) is 0 Å². The second kappa shape index (κ2) is 12.2. The Kier molecular flexibility index (Phi) is 9.25. The lowest BCUT2D eigenvalue weighted by molar-refractivity contribution is -0.137. The summed E-state index contributed by atoms with van der Waals surface area (Å²) in [5.41, 5.74) is 3.82. The summed E-state index contributed by atoms with van der Waals surface area (Å²) in [6, 6.07) is 9.32. The minimum absolute atomic E-state index is 0.0977. The van der Waals surface area contributed by atoms with Crippen LogP contribution in [0.25, 0.3) is 0 Å². The first kappa shape index (κ1) is 27.4. The highest BCUT2D eigenvalue weighted by atomic mass is 19.4. The van der Waals surface area contributed by atoms with Crippen LogP contribution < -0.4 is 4.90 Å². The minimum atomic E-state index is -4.59. The number of amides is 1. The van der Waals surface area contributed by atoms with Gasteiger partial charge in [-0.1, -0.05) is 19.9 Å². The van der Waals surface area contributed by atoms with Crippen molar-refractivity contribution in [3.8, 4) is 6.07 Å². The van der Waals surface area contributed by atoms with Gasteiger partial charge in [0.2, 0.25) is 0 Å². The number of carbonyl (C=O) groups is 1. The summed E-state index contributed by atoms with van der Waals surface area (Å²) < 4.78 is 45.4. The van der Waals surface area contributed by atoms with E-state index in [-0.39, 0.29) is 24.2 Å². The van der Waals surface area contributed by atoms with E-state index in [4.69, 9.17) is 4.74 Å². The van der Waals surface area contributed by atoms with Crippen LogP contribution in [0.3, 0.4) is 0 Å². The number of nitrogens with zero attached hydrogens (tertiary/aromatic N) is 3. The third-order valence-corrected chi connectivity index (χ3v) is 6.56. The maximum absolute atomic E-state index is 13.4. The number of carbonyl (C=O) groups excluding carboxylic acids is 1. The molecule has 0 saturated heterocycles. The molecule has 194 valence electrons. The molecule has 3 rings (SSSR count). The Balaban J connectivity index is 2.06. The Morgan fingerprint density at radius 3 is 2.36 bits per heavy atom. The van der Waals surface area contributed by atoms with Crippen molar-refractivity contribution < 1.29 is 22.7 Å². The molecule has 0 spiro atoms. The summed E-state index contributed by atoms with van der Waals surface area (Å²) in [5, 5.41) is 9.28. The summed E-state index contributed by atoms with van der Waals surface area (Å²) in [5.74, 6) is 0. The molecule has 0 fully saturated rings. The van der Waals surface area contributed by atoms with Crippen molar-refractivity contribution in [2.45, 2.75) is 71.6 Å². The Bertz CT molecular complexity index is 1100. The van der Waals surface area contributed by atoms with E-state index in [0.717, 1.165) is 75.0 Å². The third-order valence-electron chi connectivity index (χ3n) is 6.56. The van der Waals surface area contributed by atoms with E-state index in [2.05, 4.69) is 30.9 Å².